The number of amides is 1. The minimum atomic E-state index is -0.569. The van der Waals surface area contributed by atoms with Crippen LogP contribution in [-0.4, -0.2) is 35.0 Å². The maximum Gasteiger partial charge on any atom is 0.324 e. The molecule has 1 rings (SSSR count). The van der Waals surface area contributed by atoms with Gasteiger partial charge in [-0.2, -0.15) is 0 Å². The number of hydrogen-bond acceptors (Lipinski definition) is 6. The van der Waals surface area contributed by atoms with E-state index >= 15 is 0 Å². The Balaban J connectivity index is 2.52. The molecule has 18 heavy (non-hydrogen) atoms. The van der Waals surface area contributed by atoms with E-state index in [1.807, 2.05) is 6.92 Å². The van der Waals surface area contributed by atoms with Gasteiger partial charge in [0.2, 0.25) is 0 Å². The highest BCUT2D eigenvalue weighted by Gasteiger charge is 2.18. The Kier molecular flexibility index (Phi) is 5.72. The standard InChI is InChI=1S/C11H16N4O3/c1-3-4-8(11(17)18-2)14-15-10(16)9-7-12-5-6-13-9/h5-8,14H,3-4H2,1-2H3,(H,15,16)/t8-/m1/s1. The third kappa shape index (κ3) is 4.10. The molecule has 0 fully saturated rings. The van der Waals surface area contributed by atoms with E-state index in [4.69, 9.17) is 0 Å². The number of carbonyl (C=O) groups is 2. The van der Waals surface area contributed by atoms with E-state index in [0.717, 1.165) is 6.42 Å². The molecule has 1 amide bonds. The molecule has 1 aromatic rings. The number of rotatable bonds is 6. The van der Waals surface area contributed by atoms with Crippen molar-refractivity contribution < 1.29 is 14.3 Å². The summed E-state index contributed by atoms with van der Waals surface area (Å²) in [4.78, 5) is 30.6. The van der Waals surface area contributed by atoms with Gasteiger partial charge in [0, 0.05) is 12.4 Å². The van der Waals surface area contributed by atoms with Crippen molar-refractivity contribution in [2.24, 2.45) is 0 Å². The number of hydrogen-bond donors (Lipinski definition) is 2. The van der Waals surface area contributed by atoms with Crippen molar-refractivity contribution in [1.82, 2.24) is 20.8 Å². The predicted octanol–water partition coefficient (Wildman–Crippen LogP) is 0.0527. The number of aromatic nitrogens is 2. The molecule has 0 spiro atoms. The average molecular weight is 252 g/mol. The minimum Gasteiger partial charge on any atom is -0.468 e. The Bertz CT molecular complexity index is 397. The first kappa shape index (κ1) is 14.0. The van der Waals surface area contributed by atoms with Gasteiger partial charge in [-0.05, 0) is 6.42 Å². The first-order valence-electron chi connectivity index (χ1n) is 5.58. The quantitative estimate of drug-likeness (QED) is 0.549. The van der Waals surface area contributed by atoms with Gasteiger partial charge in [-0.1, -0.05) is 13.3 Å². The third-order valence-corrected chi connectivity index (χ3v) is 2.22. The molecule has 0 saturated heterocycles. The molecule has 0 aliphatic rings. The zero-order valence-corrected chi connectivity index (χ0v) is 10.3. The topological polar surface area (TPSA) is 93.2 Å². The number of hydrazine groups is 1. The van der Waals surface area contributed by atoms with E-state index in [1.165, 1.54) is 25.7 Å². The van der Waals surface area contributed by atoms with E-state index in [2.05, 4.69) is 25.6 Å². The number of esters is 1. The number of nitrogens with one attached hydrogen (secondary N) is 2. The van der Waals surface area contributed by atoms with Gasteiger partial charge in [0.05, 0.1) is 13.3 Å². The zero-order chi connectivity index (χ0) is 13.4. The molecule has 1 aromatic heterocycles. The molecule has 0 aliphatic carbocycles. The largest absolute Gasteiger partial charge is 0.468 e. The van der Waals surface area contributed by atoms with Crippen molar-refractivity contribution in [3.05, 3.63) is 24.3 Å². The molecule has 98 valence electrons. The summed E-state index contributed by atoms with van der Waals surface area (Å²) in [6.45, 7) is 1.93. The first-order chi connectivity index (χ1) is 8.69. The molecule has 7 heteroatoms. The molecule has 0 bridgehead atoms. The second-order valence-corrected chi connectivity index (χ2v) is 3.55. The average Bonchev–Trinajstić information content (AvgIpc) is 2.43. The highest BCUT2D eigenvalue weighted by atomic mass is 16.5. The van der Waals surface area contributed by atoms with Gasteiger partial charge >= 0.3 is 5.97 Å². The Morgan fingerprint density at radius 2 is 2.22 bits per heavy atom. The lowest BCUT2D eigenvalue weighted by Crippen LogP contribution is -2.48. The van der Waals surface area contributed by atoms with Crippen LogP contribution in [0.1, 0.15) is 30.3 Å². The van der Waals surface area contributed by atoms with Crippen LogP contribution in [0.3, 0.4) is 0 Å². The summed E-state index contributed by atoms with van der Waals surface area (Å²) in [5.41, 5.74) is 5.21. The van der Waals surface area contributed by atoms with Gasteiger partial charge < -0.3 is 4.74 Å². The van der Waals surface area contributed by atoms with Crippen LogP contribution in [0.4, 0.5) is 0 Å². The van der Waals surface area contributed by atoms with Gasteiger partial charge in [-0.15, -0.1) is 0 Å². The van der Waals surface area contributed by atoms with Crippen molar-refractivity contribution in [2.45, 2.75) is 25.8 Å². The van der Waals surface area contributed by atoms with Crippen LogP contribution >= 0.6 is 0 Å². The Labute approximate surface area is 105 Å². The summed E-state index contributed by atoms with van der Waals surface area (Å²) in [6, 6.07) is -0.569. The minimum absolute atomic E-state index is 0.171. The molecule has 1 heterocycles. The second kappa shape index (κ2) is 7.33. The van der Waals surface area contributed by atoms with Gasteiger partial charge in [-0.3, -0.25) is 20.0 Å². The number of nitrogens with zero attached hydrogens (tertiary/aromatic N) is 2. The lowest BCUT2D eigenvalue weighted by molar-refractivity contribution is -0.143. The van der Waals surface area contributed by atoms with Crippen LogP contribution in [-0.2, 0) is 9.53 Å². The summed E-state index contributed by atoms with van der Waals surface area (Å²) < 4.78 is 4.62. The van der Waals surface area contributed by atoms with Crippen LogP contribution in [0.2, 0.25) is 0 Å². The monoisotopic (exact) mass is 252 g/mol. The molecule has 2 N–H and O–H groups in total. The van der Waals surface area contributed by atoms with Crippen LogP contribution in [0.15, 0.2) is 18.6 Å². The highest BCUT2D eigenvalue weighted by Crippen LogP contribution is 1.98. The lowest BCUT2D eigenvalue weighted by Gasteiger charge is -2.15. The Hall–Kier alpha value is -2.02. The zero-order valence-electron chi connectivity index (χ0n) is 10.3. The van der Waals surface area contributed by atoms with Crippen LogP contribution in [0.25, 0.3) is 0 Å². The van der Waals surface area contributed by atoms with Crippen molar-refractivity contribution in [3.63, 3.8) is 0 Å². The van der Waals surface area contributed by atoms with Gasteiger partial charge in [-0.25, -0.2) is 10.4 Å². The normalized spacial score (nSPS) is 11.7. The number of ether oxygens (including phenoxy) is 1. The van der Waals surface area contributed by atoms with E-state index in [1.54, 1.807) is 0 Å². The van der Waals surface area contributed by atoms with E-state index in [-0.39, 0.29) is 5.69 Å². The Morgan fingerprint density at radius 3 is 2.78 bits per heavy atom. The number of carbonyl (C=O) groups excluding carboxylic acids is 2. The molecular formula is C11H16N4O3. The molecule has 0 unspecified atom stereocenters. The molecule has 0 aromatic carbocycles. The fraction of sp³-hybridized carbons (Fsp3) is 0.455. The summed E-state index contributed by atoms with van der Waals surface area (Å²) in [5.74, 6) is -0.871. The summed E-state index contributed by atoms with van der Waals surface area (Å²) >= 11 is 0. The van der Waals surface area contributed by atoms with Crippen LogP contribution in [0.5, 0.6) is 0 Å². The number of methoxy groups -OCH3 is 1. The second-order valence-electron chi connectivity index (χ2n) is 3.55. The van der Waals surface area contributed by atoms with Crippen molar-refractivity contribution in [2.75, 3.05) is 7.11 Å². The smallest absolute Gasteiger partial charge is 0.324 e. The molecule has 7 nitrogen and oxygen atoms in total. The maximum atomic E-state index is 11.6. The lowest BCUT2D eigenvalue weighted by atomic mass is 10.2. The summed E-state index contributed by atoms with van der Waals surface area (Å²) in [6.07, 6.45) is 5.57. The van der Waals surface area contributed by atoms with Crippen molar-refractivity contribution in [3.8, 4) is 0 Å². The van der Waals surface area contributed by atoms with Gasteiger partial charge in [0.25, 0.3) is 5.91 Å². The van der Waals surface area contributed by atoms with Gasteiger partial charge in [0.1, 0.15) is 11.7 Å². The summed E-state index contributed by atoms with van der Waals surface area (Å²) in [7, 11) is 1.30. The highest BCUT2D eigenvalue weighted by molar-refractivity contribution is 5.91. The molecule has 0 aliphatic heterocycles. The fourth-order valence-corrected chi connectivity index (χ4v) is 1.31. The van der Waals surface area contributed by atoms with E-state index < -0.39 is 17.9 Å². The molecular weight excluding hydrogens is 236 g/mol. The van der Waals surface area contributed by atoms with Crippen molar-refractivity contribution >= 4 is 11.9 Å². The molecule has 0 saturated carbocycles. The fourth-order valence-electron chi connectivity index (χ4n) is 1.31. The van der Waals surface area contributed by atoms with Gasteiger partial charge in [0.15, 0.2) is 0 Å². The van der Waals surface area contributed by atoms with Crippen LogP contribution < -0.4 is 10.9 Å². The molecule has 0 radical (unpaired) electrons. The SMILES string of the molecule is CCC[C@@H](NNC(=O)c1cnccn1)C(=O)OC. The maximum absolute atomic E-state index is 11.6. The first-order valence-corrected chi connectivity index (χ1v) is 5.58. The molecule has 1 atom stereocenters. The third-order valence-electron chi connectivity index (χ3n) is 2.22. The van der Waals surface area contributed by atoms with E-state index in [9.17, 15) is 9.59 Å². The van der Waals surface area contributed by atoms with Crippen molar-refractivity contribution in [1.29, 1.82) is 0 Å². The van der Waals surface area contributed by atoms with Crippen LogP contribution in [0, 0.1) is 0 Å². The Morgan fingerprint density at radius 1 is 1.44 bits per heavy atom. The summed E-state index contributed by atoms with van der Waals surface area (Å²) in [5, 5.41) is 0. The van der Waals surface area contributed by atoms with E-state index in [0.29, 0.717) is 6.42 Å². The predicted molar refractivity (Wildman–Crippen MR) is 63.3 cm³/mol.